The number of rotatable bonds is 3. The third-order valence-electron chi connectivity index (χ3n) is 3.05. The maximum atomic E-state index is 9.27. The molecule has 0 fully saturated rings. The molecule has 1 aliphatic rings. The molecule has 3 heteroatoms. The topological polar surface area (TPSA) is 41.8 Å². The molecule has 1 atom stereocenters. The minimum atomic E-state index is -0.556. The molecule has 0 saturated carbocycles. The molecule has 3 nitrogen and oxygen atoms in total. The van der Waals surface area contributed by atoms with Crippen molar-refractivity contribution in [2.45, 2.75) is 32.3 Å². The molecule has 0 spiro atoms. The highest BCUT2D eigenvalue weighted by molar-refractivity contribution is 5.97. The SMILES string of the molecule is CC(C)c1ccccc1C1=NCC(C)(CO)O1. The molecule has 0 bridgehead atoms. The van der Waals surface area contributed by atoms with E-state index >= 15 is 0 Å². The summed E-state index contributed by atoms with van der Waals surface area (Å²) in [6, 6.07) is 8.14. The van der Waals surface area contributed by atoms with Crippen LogP contribution in [-0.4, -0.2) is 29.8 Å². The molecule has 0 radical (unpaired) electrons. The fraction of sp³-hybridized carbons (Fsp3) is 0.500. The third kappa shape index (κ3) is 2.34. The first kappa shape index (κ1) is 12.1. The Hall–Kier alpha value is -1.35. The van der Waals surface area contributed by atoms with Crippen LogP contribution in [0.4, 0.5) is 0 Å². The van der Waals surface area contributed by atoms with Gasteiger partial charge in [0.05, 0.1) is 13.2 Å². The van der Waals surface area contributed by atoms with E-state index in [1.807, 2.05) is 25.1 Å². The summed E-state index contributed by atoms with van der Waals surface area (Å²) in [5.41, 5.74) is 1.72. The van der Waals surface area contributed by atoms with Crippen LogP contribution in [0.3, 0.4) is 0 Å². The van der Waals surface area contributed by atoms with Gasteiger partial charge in [0.25, 0.3) is 0 Å². The van der Waals surface area contributed by atoms with Crippen LogP contribution in [0.25, 0.3) is 0 Å². The lowest BCUT2D eigenvalue weighted by atomic mass is 9.97. The standard InChI is InChI=1S/C14H19NO2/c1-10(2)11-6-4-5-7-12(11)13-15-8-14(3,9-16)17-13/h4-7,10,16H,8-9H2,1-3H3. The van der Waals surface area contributed by atoms with Gasteiger partial charge in [-0.25, -0.2) is 4.99 Å². The van der Waals surface area contributed by atoms with Crippen LogP contribution in [0, 0.1) is 0 Å². The van der Waals surface area contributed by atoms with Crippen LogP contribution in [-0.2, 0) is 4.74 Å². The molecule has 0 aliphatic carbocycles. The average Bonchev–Trinajstić information content (AvgIpc) is 2.73. The van der Waals surface area contributed by atoms with Crippen LogP contribution in [0.2, 0.25) is 0 Å². The van der Waals surface area contributed by atoms with Crippen molar-refractivity contribution >= 4 is 5.90 Å². The number of hydrogen-bond donors (Lipinski definition) is 1. The van der Waals surface area contributed by atoms with Gasteiger partial charge in [-0.3, -0.25) is 0 Å². The van der Waals surface area contributed by atoms with Crippen molar-refractivity contribution in [3.05, 3.63) is 35.4 Å². The van der Waals surface area contributed by atoms with E-state index in [0.29, 0.717) is 18.4 Å². The Bertz CT molecular complexity index is 440. The summed E-state index contributed by atoms with van der Waals surface area (Å²) in [6.45, 7) is 6.69. The predicted octanol–water partition coefficient (Wildman–Crippen LogP) is 2.34. The Morgan fingerprint density at radius 1 is 1.41 bits per heavy atom. The molecule has 1 aromatic carbocycles. The van der Waals surface area contributed by atoms with Gasteiger partial charge in [0.2, 0.25) is 5.90 Å². The van der Waals surface area contributed by atoms with Crippen molar-refractivity contribution in [1.82, 2.24) is 0 Å². The number of aliphatic hydroxyl groups is 1. The maximum absolute atomic E-state index is 9.27. The minimum Gasteiger partial charge on any atom is -0.467 e. The molecule has 1 aliphatic heterocycles. The number of aliphatic imine (C=N–C) groups is 1. The fourth-order valence-electron chi connectivity index (χ4n) is 1.95. The number of aliphatic hydroxyl groups excluding tert-OH is 1. The van der Waals surface area contributed by atoms with Gasteiger partial charge in [-0.15, -0.1) is 0 Å². The van der Waals surface area contributed by atoms with Gasteiger partial charge in [-0.1, -0.05) is 32.0 Å². The number of nitrogens with zero attached hydrogens (tertiary/aromatic N) is 1. The van der Waals surface area contributed by atoms with E-state index in [-0.39, 0.29) is 6.61 Å². The maximum Gasteiger partial charge on any atom is 0.217 e. The Labute approximate surface area is 102 Å². The van der Waals surface area contributed by atoms with E-state index in [4.69, 9.17) is 4.74 Å². The van der Waals surface area contributed by atoms with Crippen molar-refractivity contribution in [1.29, 1.82) is 0 Å². The Kier molecular flexibility index (Phi) is 3.20. The Morgan fingerprint density at radius 2 is 2.12 bits per heavy atom. The lowest BCUT2D eigenvalue weighted by Crippen LogP contribution is -2.33. The number of benzene rings is 1. The molecule has 1 unspecified atom stereocenters. The van der Waals surface area contributed by atoms with Gasteiger partial charge in [0.1, 0.15) is 0 Å². The molecular formula is C14H19NO2. The first-order chi connectivity index (χ1) is 8.06. The first-order valence-electron chi connectivity index (χ1n) is 5.99. The number of hydrogen-bond acceptors (Lipinski definition) is 3. The summed E-state index contributed by atoms with van der Waals surface area (Å²) in [5, 5.41) is 9.27. The Balaban J connectivity index is 2.31. The second-order valence-electron chi connectivity index (χ2n) is 5.07. The molecule has 1 heterocycles. The zero-order valence-corrected chi connectivity index (χ0v) is 10.6. The monoisotopic (exact) mass is 233 g/mol. The highest BCUT2D eigenvalue weighted by Gasteiger charge is 2.33. The molecule has 17 heavy (non-hydrogen) atoms. The largest absolute Gasteiger partial charge is 0.467 e. The quantitative estimate of drug-likeness (QED) is 0.870. The van der Waals surface area contributed by atoms with E-state index in [0.717, 1.165) is 5.56 Å². The summed E-state index contributed by atoms with van der Waals surface area (Å²) in [4.78, 5) is 4.41. The molecule has 0 aromatic heterocycles. The normalized spacial score (nSPS) is 23.7. The van der Waals surface area contributed by atoms with Crippen LogP contribution in [0.15, 0.2) is 29.3 Å². The lowest BCUT2D eigenvalue weighted by molar-refractivity contribution is 0.0400. The molecule has 92 valence electrons. The van der Waals surface area contributed by atoms with Gasteiger partial charge >= 0.3 is 0 Å². The molecule has 1 N–H and O–H groups in total. The lowest BCUT2D eigenvalue weighted by Gasteiger charge is -2.21. The smallest absolute Gasteiger partial charge is 0.217 e. The second kappa shape index (κ2) is 4.49. The summed E-state index contributed by atoms with van der Waals surface area (Å²) < 4.78 is 5.77. The van der Waals surface area contributed by atoms with Gasteiger partial charge in [0.15, 0.2) is 5.60 Å². The second-order valence-corrected chi connectivity index (χ2v) is 5.07. The van der Waals surface area contributed by atoms with Crippen LogP contribution >= 0.6 is 0 Å². The van der Waals surface area contributed by atoms with Gasteiger partial charge in [0, 0.05) is 5.56 Å². The molecule has 2 rings (SSSR count). The van der Waals surface area contributed by atoms with Crippen molar-refractivity contribution in [3.8, 4) is 0 Å². The zero-order chi connectivity index (χ0) is 12.5. The first-order valence-corrected chi connectivity index (χ1v) is 5.99. The van der Waals surface area contributed by atoms with Crippen molar-refractivity contribution < 1.29 is 9.84 Å². The summed E-state index contributed by atoms with van der Waals surface area (Å²) in [6.07, 6.45) is 0. The van der Waals surface area contributed by atoms with Crippen LogP contribution in [0.5, 0.6) is 0 Å². The van der Waals surface area contributed by atoms with Crippen molar-refractivity contribution in [2.75, 3.05) is 13.2 Å². The molecule has 1 aromatic rings. The van der Waals surface area contributed by atoms with Gasteiger partial charge in [-0.2, -0.15) is 0 Å². The minimum absolute atomic E-state index is 0.0101. The van der Waals surface area contributed by atoms with Crippen molar-refractivity contribution in [2.24, 2.45) is 4.99 Å². The summed E-state index contributed by atoms with van der Waals surface area (Å²) >= 11 is 0. The predicted molar refractivity (Wildman–Crippen MR) is 68.5 cm³/mol. The highest BCUT2D eigenvalue weighted by atomic mass is 16.5. The summed E-state index contributed by atoms with van der Waals surface area (Å²) in [7, 11) is 0. The highest BCUT2D eigenvalue weighted by Crippen LogP contribution is 2.26. The van der Waals surface area contributed by atoms with E-state index in [2.05, 4.69) is 24.9 Å². The van der Waals surface area contributed by atoms with Crippen molar-refractivity contribution in [3.63, 3.8) is 0 Å². The van der Waals surface area contributed by atoms with E-state index in [1.54, 1.807) is 0 Å². The zero-order valence-electron chi connectivity index (χ0n) is 10.6. The van der Waals surface area contributed by atoms with E-state index in [9.17, 15) is 5.11 Å². The molecule has 0 saturated heterocycles. The number of ether oxygens (including phenoxy) is 1. The van der Waals surface area contributed by atoms with Gasteiger partial charge in [-0.05, 0) is 24.5 Å². The third-order valence-corrected chi connectivity index (χ3v) is 3.05. The van der Waals surface area contributed by atoms with Crippen LogP contribution < -0.4 is 0 Å². The van der Waals surface area contributed by atoms with E-state index in [1.165, 1.54) is 5.56 Å². The fourth-order valence-corrected chi connectivity index (χ4v) is 1.95. The van der Waals surface area contributed by atoms with Crippen LogP contribution in [0.1, 0.15) is 37.8 Å². The summed E-state index contributed by atoms with van der Waals surface area (Å²) in [5.74, 6) is 1.09. The van der Waals surface area contributed by atoms with Gasteiger partial charge < -0.3 is 9.84 Å². The molecular weight excluding hydrogens is 214 g/mol. The molecule has 0 amide bonds. The Morgan fingerprint density at radius 3 is 2.71 bits per heavy atom. The van der Waals surface area contributed by atoms with E-state index < -0.39 is 5.60 Å². The average molecular weight is 233 g/mol.